The van der Waals surface area contributed by atoms with Crippen LogP contribution in [0.4, 0.5) is 0 Å². The molecule has 1 rings (SSSR count). The molecule has 0 aromatic heterocycles. The molecule has 1 aliphatic rings. The first-order valence-electron chi connectivity index (χ1n) is 7.02. The lowest BCUT2D eigenvalue weighted by Gasteiger charge is -2.61. The molecule has 0 spiro atoms. The molecule has 0 radical (unpaired) electrons. The van der Waals surface area contributed by atoms with E-state index in [9.17, 15) is 0 Å². The fourth-order valence-corrected chi connectivity index (χ4v) is 3.63. The molecule has 1 aliphatic heterocycles. The standard InChI is InChI=1S/C16H32O2/c1-12(2,3)16(13(4,5)6)17-14(7,8)11-15(9,10)18-16/h11H2,1-10H3. The van der Waals surface area contributed by atoms with Crippen molar-refractivity contribution in [3.8, 4) is 0 Å². The van der Waals surface area contributed by atoms with Crippen molar-refractivity contribution in [3.63, 3.8) is 0 Å². The van der Waals surface area contributed by atoms with Crippen molar-refractivity contribution in [2.45, 2.75) is 92.6 Å². The summed E-state index contributed by atoms with van der Waals surface area (Å²) in [6.07, 6.45) is 0.911. The van der Waals surface area contributed by atoms with Gasteiger partial charge in [0.05, 0.1) is 11.2 Å². The van der Waals surface area contributed by atoms with Gasteiger partial charge in [0.2, 0.25) is 0 Å². The minimum absolute atomic E-state index is 0.0831. The Morgan fingerprint density at radius 3 is 1.17 bits per heavy atom. The molecule has 0 atom stereocenters. The van der Waals surface area contributed by atoms with Crippen molar-refractivity contribution in [2.75, 3.05) is 0 Å². The smallest absolute Gasteiger partial charge is 0.179 e. The number of hydrogen-bond donors (Lipinski definition) is 0. The van der Waals surface area contributed by atoms with Crippen molar-refractivity contribution in [2.24, 2.45) is 10.8 Å². The molecule has 0 saturated carbocycles. The van der Waals surface area contributed by atoms with Crippen LogP contribution in [0.5, 0.6) is 0 Å². The minimum atomic E-state index is -0.578. The Morgan fingerprint density at radius 1 is 0.667 bits per heavy atom. The van der Waals surface area contributed by atoms with Gasteiger partial charge in [0.25, 0.3) is 0 Å². The highest BCUT2D eigenvalue weighted by Gasteiger charge is 2.61. The van der Waals surface area contributed by atoms with E-state index >= 15 is 0 Å². The summed E-state index contributed by atoms with van der Waals surface area (Å²) in [6.45, 7) is 21.9. The molecule has 0 aliphatic carbocycles. The second-order valence-electron chi connectivity index (χ2n) is 9.02. The highest BCUT2D eigenvalue weighted by molar-refractivity contribution is 5.02. The predicted molar refractivity (Wildman–Crippen MR) is 76.6 cm³/mol. The molecule has 0 unspecified atom stereocenters. The summed E-state index contributed by atoms with van der Waals surface area (Å²) in [5.74, 6) is -0.578. The summed E-state index contributed by atoms with van der Waals surface area (Å²) in [4.78, 5) is 0. The largest absolute Gasteiger partial charge is 0.343 e. The van der Waals surface area contributed by atoms with Gasteiger partial charge in [-0.3, -0.25) is 0 Å². The lowest BCUT2D eigenvalue weighted by Crippen LogP contribution is -2.67. The molecule has 0 aromatic rings. The van der Waals surface area contributed by atoms with E-state index in [1.807, 2.05) is 0 Å². The zero-order valence-electron chi connectivity index (χ0n) is 14.0. The monoisotopic (exact) mass is 256 g/mol. The van der Waals surface area contributed by atoms with E-state index in [1.165, 1.54) is 0 Å². The van der Waals surface area contributed by atoms with Crippen LogP contribution >= 0.6 is 0 Å². The van der Waals surface area contributed by atoms with Crippen LogP contribution in [0, 0.1) is 10.8 Å². The van der Waals surface area contributed by atoms with Crippen LogP contribution in [0.1, 0.15) is 75.7 Å². The molecule has 0 N–H and O–H groups in total. The average molecular weight is 256 g/mol. The maximum Gasteiger partial charge on any atom is 0.179 e. The molecule has 108 valence electrons. The fourth-order valence-electron chi connectivity index (χ4n) is 3.63. The van der Waals surface area contributed by atoms with Crippen LogP contribution in [0.3, 0.4) is 0 Å². The number of hydrogen-bond acceptors (Lipinski definition) is 2. The van der Waals surface area contributed by atoms with Crippen molar-refractivity contribution in [3.05, 3.63) is 0 Å². The Morgan fingerprint density at radius 2 is 0.944 bits per heavy atom. The van der Waals surface area contributed by atoms with Crippen LogP contribution < -0.4 is 0 Å². The minimum Gasteiger partial charge on any atom is -0.343 e. The quantitative estimate of drug-likeness (QED) is 0.621. The van der Waals surface area contributed by atoms with Gasteiger partial charge >= 0.3 is 0 Å². The average Bonchev–Trinajstić information content (AvgIpc) is 1.92. The Bertz CT molecular complexity index is 281. The van der Waals surface area contributed by atoms with E-state index in [-0.39, 0.29) is 22.0 Å². The molecule has 1 saturated heterocycles. The van der Waals surface area contributed by atoms with E-state index < -0.39 is 5.79 Å². The molecule has 1 fully saturated rings. The molecule has 0 aromatic carbocycles. The molecular formula is C16H32O2. The zero-order valence-corrected chi connectivity index (χ0v) is 14.0. The molecule has 2 heteroatoms. The van der Waals surface area contributed by atoms with Crippen LogP contribution in [0.25, 0.3) is 0 Å². The highest BCUT2D eigenvalue weighted by atomic mass is 16.7. The third-order valence-electron chi connectivity index (χ3n) is 3.67. The topological polar surface area (TPSA) is 18.5 Å². The van der Waals surface area contributed by atoms with E-state index in [4.69, 9.17) is 9.47 Å². The Balaban J connectivity index is 3.36. The summed E-state index contributed by atoms with van der Waals surface area (Å²) >= 11 is 0. The summed E-state index contributed by atoms with van der Waals surface area (Å²) in [5, 5.41) is 0. The summed E-state index contributed by atoms with van der Waals surface area (Å²) in [6, 6.07) is 0. The SMILES string of the molecule is CC1(C)CC(C)(C)OC(C(C)(C)C)(C(C)(C)C)O1. The van der Waals surface area contributed by atoms with Crippen LogP contribution in [0.2, 0.25) is 0 Å². The van der Waals surface area contributed by atoms with Crippen molar-refractivity contribution in [1.82, 2.24) is 0 Å². The maximum absolute atomic E-state index is 6.50. The Labute approximate surface area is 113 Å². The highest BCUT2D eigenvalue weighted by Crippen LogP contribution is 2.55. The zero-order chi connectivity index (χ0) is 14.6. The summed E-state index contributed by atoms with van der Waals surface area (Å²) in [7, 11) is 0. The van der Waals surface area contributed by atoms with Gasteiger partial charge in [-0.05, 0) is 27.7 Å². The molecule has 18 heavy (non-hydrogen) atoms. The predicted octanol–water partition coefficient (Wildman–Crippen LogP) is 4.77. The molecular weight excluding hydrogens is 224 g/mol. The van der Waals surface area contributed by atoms with Gasteiger partial charge < -0.3 is 9.47 Å². The van der Waals surface area contributed by atoms with Crippen molar-refractivity contribution >= 4 is 0 Å². The normalized spacial score (nSPS) is 27.0. The first-order valence-corrected chi connectivity index (χ1v) is 7.02. The lowest BCUT2D eigenvalue weighted by atomic mass is 9.68. The van der Waals surface area contributed by atoms with Gasteiger partial charge in [0, 0.05) is 17.3 Å². The van der Waals surface area contributed by atoms with Crippen molar-refractivity contribution in [1.29, 1.82) is 0 Å². The maximum atomic E-state index is 6.50. The fraction of sp³-hybridized carbons (Fsp3) is 1.00. The van der Waals surface area contributed by atoms with Crippen molar-refractivity contribution < 1.29 is 9.47 Å². The lowest BCUT2D eigenvalue weighted by molar-refractivity contribution is -0.431. The van der Waals surface area contributed by atoms with E-state index in [0.717, 1.165) is 6.42 Å². The molecule has 0 amide bonds. The Kier molecular flexibility index (Phi) is 3.51. The van der Waals surface area contributed by atoms with E-state index in [1.54, 1.807) is 0 Å². The van der Waals surface area contributed by atoms with E-state index in [0.29, 0.717) is 0 Å². The van der Waals surface area contributed by atoms with Gasteiger partial charge in [-0.1, -0.05) is 41.5 Å². The first kappa shape index (κ1) is 16.0. The molecule has 2 nitrogen and oxygen atoms in total. The van der Waals surface area contributed by atoms with Gasteiger partial charge in [-0.15, -0.1) is 0 Å². The number of rotatable bonds is 0. The van der Waals surface area contributed by atoms with Gasteiger partial charge in [-0.2, -0.15) is 0 Å². The third kappa shape index (κ3) is 2.75. The van der Waals surface area contributed by atoms with E-state index in [2.05, 4.69) is 69.2 Å². The third-order valence-corrected chi connectivity index (χ3v) is 3.67. The van der Waals surface area contributed by atoms with Gasteiger partial charge in [0.1, 0.15) is 0 Å². The summed E-state index contributed by atoms with van der Waals surface area (Å²) < 4.78 is 13.0. The van der Waals surface area contributed by atoms with Gasteiger partial charge in [0.15, 0.2) is 5.79 Å². The Hall–Kier alpha value is -0.0800. The van der Waals surface area contributed by atoms with Crippen LogP contribution in [-0.4, -0.2) is 17.0 Å². The molecule has 1 heterocycles. The first-order chi connectivity index (χ1) is 7.62. The van der Waals surface area contributed by atoms with Crippen LogP contribution in [-0.2, 0) is 9.47 Å². The van der Waals surface area contributed by atoms with Gasteiger partial charge in [-0.25, -0.2) is 0 Å². The number of ether oxygens (including phenoxy) is 2. The second kappa shape index (κ2) is 3.96. The summed E-state index contributed by atoms with van der Waals surface area (Å²) in [5.41, 5.74) is -0.495. The van der Waals surface area contributed by atoms with Crippen LogP contribution in [0.15, 0.2) is 0 Å². The molecule has 0 bridgehead atoms. The second-order valence-corrected chi connectivity index (χ2v) is 9.02.